The van der Waals surface area contributed by atoms with Crippen molar-refractivity contribution in [1.82, 2.24) is 9.13 Å². The van der Waals surface area contributed by atoms with Crippen LogP contribution in [0, 0.1) is 6.92 Å². The van der Waals surface area contributed by atoms with Crippen molar-refractivity contribution in [2.45, 2.75) is 26.2 Å². The Hall–Kier alpha value is -3.08. The van der Waals surface area contributed by atoms with Crippen molar-refractivity contribution in [3.8, 4) is 11.4 Å². The fraction of sp³-hybridized carbons (Fsp3) is 0.273. The fourth-order valence-corrected chi connectivity index (χ4v) is 3.86. The average molecular weight is 361 g/mol. The summed E-state index contributed by atoms with van der Waals surface area (Å²) in [7, 11) is 0. The third-order valence-electron chi connectivity index (χ3n) is 5.17. The van der Waals surface area contributed by atoms with E-state index >= 15 is 0 Å². The Kier molecular flexibility index (Phi) is 4.67. The van der Waals surface area contributed by atoms with E-state index in [4.69, 9.17) is 0 Å². The topological polar surface area (TPSA) is 47.2 Å². The highest BCUT2D eigenvalue weighted by atomic mass is 16.2. The van der Waals surface area contributed by atoms with E-state index in [0.717, 1.165) is 31.6 Å². The molecule has 27 heavy (non-hydrogen) atoms. The van der Waals surface area contributed by atoms with E-state index in [2.05, 4.69) is 4.90 Å². The predicted octanol–water partition coefficient (Wildman–Crippen LogP) is 3.29. The molecule has 0 saturated carbocycles. The number of anilines is 1. The summed E-state index contributed by atoms with van der Waals surface area (Å²) in [5.74, 6) is 0. The molecule has 2 heterocycles. The van der Waals surface area contributed by atoms with E-state index in [1.165, 1.54) is 11.0 Å². The van der Waals surface area contributed by atoms with Gasteiger partial charge < -0.3 is 4.90 Å². The quantitative estimate of drug-likeness (QED) is 0.719. The Morgan fingerprint density at radius 3 is 1.78 bits per heavy atom. The van der Waals surface area contributed by atoms with E-state index in [1.54, 1.807) is 16.7 Å². The second-order valence-corrected chi connectivity index (χ2v) is 6.91. The fourth-order valence-electron chi connectivity index (χ4n) is 3.86. The highest BCUT2D eigenvalue weighted by molar-refractivity contribution is 5.53. The van der Waals surface area contributed by atoms with Gasteiger partial charge in [-0.15, -0.1) is 0 Å². The highest BCUT2D eigenvalue weighted by Crippen LogP contribution is 2.22. The van der Waals surface area contributed by atoms with Crippen LogP contribution in [0.3, 0.4) is 0 Å². The number of rotatable bonds is 3. The lowest BCUT2D eigenvalue weighted by atomic mass is 10.1. The van der Waals surface area contributed by atoms with Crippen LogP contribution in [0.4, 0.5) is 5.69 Å². The molecule has 0 N–H and O–H groups in total. The maximum atomic E-state index is 13.4. The summed E-state index contributed by atoms with van der Waals surface area (Å²) in [5, 5.41) is 0. The van der Waals surface area contributed by atoms with Crippen LogP contribution in [0.25, 0.3) is 11.4 Å². The van der Waals surface area contributed by atoms with Gasteiger partial charge in [-0.05, 0) is 50.5 Å². The number of piperidine rings is 1. The van der Waals surface area contributed by atoms with Gasteiger partial charge in [0.05, 0.1) is 17.1 Å². The largest absolute Gasteiger partial charge is 0.366 e. The van der Waals surface area contributed by atoms with Gasteiger partial charge in [0.1, 0.15) is 5.69 Å². The van der Waals surface area contributed by atoms with Crippen LogP contribution in [-0.2, 0) is 0 Å². The molecule has 0 radical (unpaired) electrons. The lowest BCUT2D eigenvalue weighted by Crippen LogP contribution is -2.44. The molecule has 0 atom stereocenters. The number of nitrogens with zero attached hydrogens (tertiary/aromatic N) is 3. The molecule has 5 nitrogen and oxygen atoms in total. The number of aromatic nitrogens is 2. The lowest BCUT2D eigenvalue weighted by molar-refractivity contribution is 0.570. The van der Waals surface area contributed by atoms with E-state index in [9.17, 15) is 9.59 Å². The molecule has 1 aromatic heterocycles. The van der Waals surface area contributed by atoms with Gasteiger partial charge in [0, 0.05) is 13.1 Å². The summed E-state index contributed by atoms with van der Waals surface area (Å²) >= 11 is 0. The number of hydrogen-bond donors (Lipinski definition) is 0. The summed E-state index contributed by atoms with van der Waals surface area (Å²) in [6.07, 6.45) is 3.31. The van der Waals surface area contributed by atoms with Crippen molar-refractivity contribution < 1.29 is 0 Å². The molecule has 0 spiro atoms. The molecule has 1 aliphatic rings. The SMILES string of the molecule is Cc1c(N2CCCCC2)c(=O)n(-c2ccccc2)c(=O)n1-c1ccccc1. The Balaban J connectivity index is 2.05. The van der Waals surface area contributed by atoms with Gasteiger partial charge in [0.25, 0.3) is 5.56 Å². The first kappa shape index (κ1) is 17.3. The summed E-state index contributed by atoms with van der Waals surface area (Å²) < 4.78 is 2.95. The monoisotopic (exact) mass is 361 g/mol. The van der Waals surface area contributed by atoms with Crippen molar-refractivity contribution in [3.05, 3.63) is 87.2 Å². The molecular weight excluding hydrogens is 338 g/mol. The molecule has 5 heteroatoms. The van der Waals surface area contributed by atoms with Crippen molar-refractivity contribution >= 4 is 5.69 Å². The Labute approximate surface area is 158 Å². The summed E-state index contributed by atoms with van der Waals surface area (Å²) in [4.78, 5) is 28.9. The highest BCUT2D eigenvalue weighted by Gasteiger charge is 2.23. The zero-order valence-electron chi connectivity index (χ0n) is 15.5. The van der Waals surface area contributed by atoms with Gasteiger partial charge >= 0.3 is 5.69 Å². The molecule has 0 bridgehead atoms. The Morgan fingerprint density at radius 1 is 0.704 bits per heavy atom. The molecule has 0 amide bonds. The van der Waals surface area contributed by atoms with Gasteiger partial charge in [-0.25, -0.2) is 9.36 Å². The second-order valence-electron chi connectivity index (χ2n) is 6.91. The summed E-state index contributed by atoms with van der Waals surface area (Å²) in [6, 6.07) is 18.7. The maximum absolute atomic E-state index is 13.4. The molecule has 1 aliphatic heterocycles. The Bertz CT molecular complexity index is 1050. The van der Waals surface area contributed by atoms with E-state index in [0.29, 0.717) is 17.1 Å². The number of benzene rings is 2. The number of para-hydroxylation sites is 2. The van der Waals surface area contributed by atoms with Crippen LogP contribution >= 0.6 is 0 Å². The van der Waals surface area contributed by atoms with Crippen molar-refractivity contribution in [2.75, 3.05) is 18.0 Å². The van der Waals surface area contributed by atoms with Crippen LogP contribution < -0.4 is 16.1 Å². The van der Waals surface area contributed by atoms with E-state index in [1.807, 2.05) is 55.5 Å². The van der Waals surface area contributed by atoms with Crippen molar-refractivity contribution in [2.24, 2.45) is 0 Å². The van der Waals surface area contributed by atoms with Crippen LogP contribution in [0.5, 0.6) is 0 Å². The summed E-state index contributed by atoms with van der Waals surface area (Å²) in [5.41, 5.74) is 2.11. The third-order valence-corrected chi connectivity index (χ3v) is 5.17. The van der Waals surface area contributed by atoms with Crippen LogP contribution in [0.1, 0.15) is 25.0 Å². The second kappa shape index (κ2) is 7.27. The van der Waals surface area contributed by atoms with Gasteiger partial charge in [-0.2, -0.15) is 0 Å². The zero-order valence-corrected chi connectivity index (χ0v) is 15.5. The molecule has 1 saturated heterocycles. The van der Waals surface area contributed by atoms with Gasteiger partial charge in [0.15, 0.2) is 0 Å². The molecule has 0 aliphatic carbocycles. The van der Waals surface area contributed by atoms with Crippen molar-refractivity contribution in [1.29, 1.82) is 0 Å². The Morgan fingerprint density at radius 2 is 1.22 bits per heavy atom. The first-order valence-electron chi connectivity index (χ1n) is 9.43. The van der Waals surface area contributed by atoms with Crippen LogP contribution in [-0.4, -0.2) is 22.2 Å². The average Bonchev–Trinajstić information content (AvgIpc) is 2.70. The van der Waals surface area contributed by atoms with Gasteiger partial charge in [-0.3, -0.25) is 9.36 Å². The first-order chi connectivity index (χ1) is 13.2. The molecule has 4 rings (SSSR count). The molecule has 138 valence electrons. The minimum atomic E-state index is -0.337. The molecule has 0 unspecified atom stereocenters. The third kappa shape index (κ3) is 3.10. The first-order valence-corrected chi connectivity index (χ1v) is 9.43. The van der Waals surface area contributed by atoms with Gasteiger partial charge in [0.2, 0.25) is 0 Å². The van der Waals surface area contributed by atoms with Crippen molar-refractivity contribution in [3.63, 3.8) is 0 Å². The normalized spacial score (nSPS) is 14.3. The molecule has 3 aromatic rings. The molecule has 2 aromatic carbocycles. The zero-order chi connectivity index (χ0) is 18.8. The smallest absolute Gasteiger partial charge is 0.340 e. The van der Waals surface area contributed by atoms with Gasteiger partial charge in [-0.1, -0.05) is 36.4 Å². The van der Waals surface area contributed by atoms with E-state index in [-0.39, 0.29) is 11.2 Å². The predicted molar refractivity (Wildman–Crippen MR) is 108 cm³/mol. The molecular formula is C22H23N3O2. The molecule has 1 fully saturated rings. The van der Waals surface area contributed by atoms with Crippen LogP contribution in [0.2, 0.25) is 0 Å². The summed E-state index contributed by atoms with van der Waals surface area (Å²) in [6.45, 7) is 3.56. The standard InChI is InChI=1S/C22H23N3O2/c1-17-20(23-15-9-4-10-16-23)21(26)25(19-13-7-3-8-14-19)22(27)24(17)18-11-5-2-6-12-18/h2-3,5-8,11-14H,4,9-10,15-16H2,1H3. The number of hydrogen-bond acceptors (Lipinski definition) is 3. The maximum Gasteiger partial charge on any atom is 0.340 e. The van der Waals surface area contributed by atoms with E-state index < -0.39 is 0 Å². The lowest BCUT2D eigenvalue weighted by Gasteiger charge is -2.30. The minimum Gasteiger partial charge on any atom is -0.366 e. The minimum absolute atomic E-state index is 0.238. The van der Waals surface area contributed by atoms with Crippen LogP contribution in [0.15, 0.2) is 70.3 Å².